The van der Waals surface area contributed by atoms with Crippen LogP contribution in [0.15, 0.2) is 24.3 Å². The van der Waals surface area contributed by atoms with Gasteiger partial charge in [0.25, 0.3) is 5.91 Å². The first-order chi connectivity index (χ1) is 31.4. The van der Waals surface area contributed by atoms with Crippen LogP contribution in [0.2, 0.25) is 0 Å². The molecule has 4 bridgehead atoms. The second kappa shape index (κ2) is 20.3. The van der Waals surface area contributed by atoms with Gasteiger partial charge in [0.15, 0.2) is 6.73 Å². The monoisotopic (exact) mass is 942 g/mol. The van der Waals surface area contributed by atoms with Gasteiger partial charge in [-0.1, -0.05) is 79.7 Å². The number of urea groups is 1. The SMILES string of the molecule is CC(C)(CC=O)COCC(C)(C)CNC(=O)N(C(=O)CCN1C(=O)C2C3C=CC(O3)C2C1=O)N(CONCC(C)(C)COCC(C)(C)CC(=O)O)C(=O)CCN1C(=O)C2C3C=CC(O3)C2C1=O. The number of amides is 8. The molecular weight excluding hydrogens is 877 g/mol. The fourth-order valence-corrected chi connectivity index (χ4v) is 9.22. The zero-order valence-electron chi connectivity index (χ0n) is 39.6. The van der Waals surface area contributed by atoms with Crippen molar-refractivity contribution in [2.24, 2.45) is 45.3 Å². The van der Waals surface area contributed by atoms with E-state index >= 15 is 0 Å². The van der Waals surface area contributed by atoms with E-state index in [1.165, 1.54) is 0 Å². The third kappa shape index (κ3) is 11.9. The maximum absolute atomic E-state index is 14.5. The molecule has 6 heterocycles. The van der Waals surface area contributed by atoms with Crippen LogP contribution in [0.5, 0.6) is 0 Å². The first-order valence-corrected chi connectivity index (χ1v) is 22.8. The molecule has 67 heavy (non-hydrogen) atoms. The molecular formula is C46H66N6O15. The number of hydrogen-bond acceptors (Lipinski definition) is 15. The van der Waals surface area contributed by atoms with E-state index in [9.17, 15) is 48.3 Å². The Morgan fingerprint density at radius 3 is 1.52 bits per heavy atom. The lowest BCUT2D eigenvalue weighted by Gasteiger charge is -2.35. The molecule has 6 aliphatic rings. The Bertz CT molecular complexity index is 1970. The molecule has 370 valence electrons. The first kappa shape index (κ1) is 51.5. The van der Waals surface area contributed by atoms with E-state index in [2.05, 4.69) is 10.8 Å². The Balaban J connectivity index is 1.19. The number of ether oxygens (including phenoxy) is 4. The summed E-state index contributed by atoms with van der Waals surface area (Å²) in [6.45, 7) is 13.9. The molecule has 21 heteroatoms. The second-order valence-electron chi connectivity index (χ2n) is 21.5. The number of carbonyl (C=O) groups excluding carboxylic acids is 8. The minimum absolute atomic E-state index is 0.0669. The number of nitrogens with zero attached hydrogens (tertiary/aromatic N) is 4. The molecule has 0 aromatic carbocycles. The molecule has 8 atom stereocenters. The fourth-order valence-electron chi connectivity index (χ4n) is 9.22. The number of hydroxylamine groups is 1. The van der Waals surface area contributed by atoms with Crippen molar-refractivity contribution in [1.82, 2.24) is 30.6 Å². The molecule has 3 N–H and O–H groups in total. The van der Waals surface area contributed by atoms with Crippen molar-refractivity contribution in [3.8, 4) is 0 Å². The fraction of sp³-hybridized carbons (Fsp3) is 0.717. The highest BCUT2D eigenvalue weighted by molar-refractivity contribution is 6.08. The molecule has 0 radical (unpaired) electrons. The number of aldehydes is 1. The lowest BCUT2D eigenvalue weighted by Crippen LogP contribution is -2.59. The van der Waals surface area contributed by atoms with Crippen LogP contribution < -0.4 is 10.8 Å². The van der Waals surface area contributed by atoms with Crippen molar-refractivity contribution in [3.63, 3.8) is 0 Å². The van der Waals surface area contributed by atoms with Crippen molar-refractivity contribution in [3.05, 3.63) is 24.3 Å². The number of hydrazine groups is 1. The molecule has 0 spiro atoms. The molecule has 8 amide bonds. The van der Waals surface area contributed by atoms with E-state index in [-0.39, 0.29) is 58.9 Å². The van der Waals surface area contributed by atoms with Gasteiger partial charge >= 0.3 is 12.0 Å². The van der Waals surface area contributed by atoms with Crippen LogP contribution in [0.3, 0.4) is 0 Å². The molecule has 21 nitrogen and oxygen atoms in total. The van der Waals surface area contributed by atoms with Gasteiger partial charge in [0, 0.05) is 56.3 Å². The Morgan fingerprint density at radius 2 is 1.07 bits per heavy atom. The quantitative estimate of drug-likeness (QED) is 0.0293. The van der Waals surface area contributed by atoms with E-state index in [1.807, 2.05) is 27.7 Å². The number of likely N-dealkylation sites (tertiary alicyclic amines) is 2. The van der Waals surface area contributed by atoms with E-state index in [1.54, 1.807) is 52.0 Å². The van der Waals surface area contributed by atoms with E-state index < -0.39 is 143 Å². The first-order valence-electron chi connectivity index (χ1n) is 22.8. The highest BCUT2D eigenvalue weighted by atomic mass is 16.7. The summed E-state index contributed by atoms with van der Waals surface area (Å²) < 4.78 is 23.3. The average molecular weight is 943 g/mol. The number of rotatable bonds is 25. The highest BCUT2D eigenvalue weighted by Gasteiger charge is 2.62. The largest absolute Gasteiger partial charge is 0.481 e. The van der Waals surface area contributed by atoms with Crippen LogP contribution in [-0.4, -0.2) is 162 Å². The van der Waals surface area contributed by atoms with Crippen LogP contribution in [0.4, 0.5) is 4.79 Å². The molecule has 4 saturated heterocycles. The van der Waals surface area contributed by atoms with Crippen molar-refractivity contribution >= 4 is 53.7 Å². The molecule has 0 saturated carbocycles. The average Bonchev–Trinajstić information content (AvgIpc) is 4.09. The van der Waals surface area contributed by atoms with E-state index in [0.717, 1.165) is 21.1 Å². The van der Waals surface area contributed by atoms with Crippen molar-refractivity contribution < 1.29 is 72.0 Å². The number of nitrogens with one attached hydrogen (secondary N) is 2. The van der Waals surface area contributed by atoms with Gasteiger partial charge in [-0.15, -0.1) is 0 Å². The van der Waals surface area contributed by atoms with Crippen molar-refractivity contribution in [2.45, 2.75) is 105 Å². The second-order valence-corrected chi connectivity index (χ2v) is 21.5. The summed E-state index contributed by atoms with van der Waals surface area (Å²) in [5.74, 6) is -7.74. The van der Waals surface area contributed by atoms with Gasteiger partial charge in [0.2, 0.25) is 29.5 Å². The molecule has 4 fully saturated rings. The van der Waals surface area contributed by atoms with Gasteiger partial charge in [-0.25, -0.2) is 9.80 Å². The predicted molar refractivity (Wildman–Crippen MR) is 233 cm³/mol. The molecule has 0 aliphatic carbocycles. The van der Waals surface area contributed by atoms with Gasteiger partial charge in [-0.2, -0.15) is 10.5 Å². The summed E-state index contributed by atoms with van der Waals surface area (Å²) in [6, 6.07) is -1.05. The number of carboxylic acid groups (broad SMARTS) is 1. The molecule has 8 unspecified atom stereocenters. The normalized spacial score (nSPS) is 26.2. The van der Waals surface area contributed by atoms with Gasteiger partial charge in [0.1, 0.15) is 6.29 Å². The number of aliphatic carboxylic acids is 1. The number of carboxylic acids is 1. The van der Waals surface area contributed by atoms with Crippen LogP contribution in [0, 0.1) is 45.3 Å². The standard InChI is InChI=1S/C46H66N6O15/c1-43(2,15-18-53)22-63-24-45(5,6)20-47-42(62)52(32(55)14-17-50-40(60)36-29-11-12-30(67-29)37(36)41(50)61)51(26-65-48-21-46(7,8)25-64-23-44(3,4)19-33(56)57)31(54)13-16-49-38(58)34-27-9-10-28(66-27)35(34)39(49)59/h9-12,18,27-30,34-37,48H,13-17,19-26H2,1-8H3,(H,47,62)(H,56,57). The Kier molecular flexibility index (Phi) is 15.6. The third-order valence-electron chi connectivity index (χ3n) is 12.9. The topological polar surface area (TPSA) is 257 Å². The van der Waals surface area contributed by atoms with Gasteiger partial charge in [-0.3, -0.25) is 48.2 Å². The number of imide groups is 3. The number of hydrogen-bond donors (Lipinski definition) is 3. The summed E-state index contributed by atoms with van der Waals surface area (Å²) in [5.41, 5.74) is 0.352. The lowest BCUT2D eigenvalue weighted by molar-refractivity contribution is -0.174. The summed E-state index contributed by atoms with van der Waals surface area (Å²) >= 11 is 0. The smallest absolute Gasteiger partial charge is 0.343 e. The summed E-state index contributed by atoms with van der Waals surface area (Å²) in [4.78, 5) is 127. The third-order valence-corrected chi connectivity index (χ3v) is 12.9. The van der Waals surface area contributed by atoms with E-state index in [4.69, 9.17) is 23.8 Å². The van der Waals surface area contributed by atoms with E-state index in [0.29, 0.717) is 5.01 Å². The zero-order valence-corrected chi connectivity index (χ0v) is 39.6. The van der Waals surface area contributed by atoms with Crippen LogP contribution in [0.1, 0.15) is 81.1 Å². The summed E-state index contributed by atoms with van der Waals surface area (Å²) in [7, 11) is 0. The maximum Gasteiger partial charge on any atom is 0.343 e. The Labute approximate surface area is 390 Å². The summed E-state index contributed by atoms with van der Waals surface area (Å²) in [5, 5.41) is 13.3. The predicted octanol–water partition coefficient (Wildman–Crippen LogP) is 1.61. The Hall–Kier alpha value is -4.93. The van der Waals surface area contributed by atoms with Crippen LogP contribution in [0.25, 0.3) is 0 Å². The Morgan fingerprint density at radius 1 is 0.657 bits per heavy atom. The maximum atomic E-state index is 14.5. The molecule has 0 aromatic heterocycles. The van der Waals surface area contributed by atoms with Crippen molar-refractivity contribution in [1.29, 1.82) is 0 Å². The van der Waals surface area contributed by atoms with Gasteiger partial charge < -0.3 is 34.2 Å². The molecule has 0 aromatic rings. The minimum Gasteiger partial charge on any atom is -0.481 e. The van der Waals surface area contributed by atoms with Gasteiger partial charge in [0.05, 0.1) is 80.9 Å². The van der Waals surface area contributed by atoms with Crippen molar-refractivity contribution in [2.75, 3.05) is 59.3 Å². The highest BCUT2D eigenvalue weighted by Crippen LogP contribution is 2.46. The number of fused-ring (bicyclic) bond motifs is 10. The minimum atomic E-state index is -1.05. The van der Waals surface area contributed by atoms with Crippen LogP contribution >= 0.6 is 0 Å². The molecule has 6 aliphatic heterocycles. The lowest BCUT2D eigenvalue weighted by atomic mass is 9.85. The summed E-state index contributed by atoms with van der Waals surface area (Å²) in [6.07, 6.45) is 4.58. The van der Waals surface area contributed by atoms with Gasteiger partial charge in [-0.05, 0) is 10.8 Å². The number of carbonyl (C=O) groups is 9. The zero-order chi connectivity index (χ0) is 49.2. The van der Waals surface area contributed by atoms with Crippen LogP contribution in [-0.2, 0) is 62.1 Å². The molecule has 6 rings (SSSR count).